The Labute approximate surface area is 254 Å². The van der Waals surface area contributed by atoms with E-state index in [0.29, 0.717) is 11.8 Å². The molecule has 0 fully saturated rings. The van der Waals surface area contributed by atoms with E-state index in [4.69, 9.17) is 0 Å². The fourth-order valence-corrected chi connectivity index (χ4v) is 4.13. The molecule has 0 bridgehead atoms. The van der Waals surface area contributed by atoms with E-state index in [1.807, 2.05) is 0 Å². The summed E-state index contributed by atoms with van der Waals surface area (Å²) in [5.41, 5.74) is 8.11. The summed E-state index contributed by atoms with van der Waals surface area (Å²) in [4.78, 5) is 0. The van der Waals surface area contributed by atoms with Crippen LogP contribution in [0.25, 0.3) is 22.3 Å². The summed E-state index contributed by atoms with van der Waals surface area (Å²) in [6.45, 7) is 13.4. The van der Waals surface area contributed by atoms with Crippen molar-refractivity contribution in [3.05, 3.63) is 108 Å². The molecule has 4 aromatic carbocycles. The molecule has 0 spiro atoms. The molecule has 4 rings (SSSR count). The monoisotopic (exact) mass is 703 g/mol. The van der Waals surface area contributed by atoms with E-state index in [0.717, 1.165) is 9.52 Å². The zero-order valence-corrected chi connectivity index (χ0v) is 28.9. The van der Waals surface area contributed by atoms with Gasteiger partial charge in [-0.1, -0.05) is 125 Å². The Morgan fingerprint density at radius 3 is 1.14 bits per heavy atom. The number of rotatable bonds is 6. The third-order valence-electron chi connectivity index (χ3n) is 5.68. The van der Waals surface area contributed by atoms with Gasteiger partial charge in [0.05, 0.1) is 0 Å². The summed E-state index contributed by atoms with van der Waals surface area (Å²) >= 11 is 0. The molecule has 0 atom stereocenters. The number of hydrogen-bond donors (Lipinski definition) is 0. The number of halogens is 2. The van der Waals surface area contributed by atoms with Crippen LogP contribution in [0.3, 0.4) is 0 Å². The van der Waals surface area contributed by atoms with Crippen molar-refractivity contribution in [2.24, 2.45) is 0 Å². The molecule has 1 radical (unpaired) electrons. The summed E-state index contributed by atoms with van der Waals surface area (Å²) in [7, 11) is 0.815. The van der Waals surface area contributed by atoms with Crippen molar-refractivity contribution in [2.75, 3.05) is 0 Å². The minimum absolute atomic E-state index is 0. The van der Waals surface area contributed by atoms with Crippen molar-refractivity contribution in [1.29, 1.82) is 0 Å². The fraction of sp³-hybridized carbons (Fsp3) is 0.312. The second kappa shape index (κ2) is 20.8. The van der Waals surface area contributed by atoms with Crippen LogP contribution in [0.4, 0.5) is 0 Å². The van der Waals surface area contributed by atoms with E-state index >= 15 is 0 Å². The van der Waals surface area contributed by atoms with Crippen molar-refractivity contribution < 1.29 is 50.7 Å². The van der Waals surface area contributed by atoms with E-state index in [9.17, 15) is 0 Å². The van der Waals surface area contributed by atoms with Gasteiger partial charge < -0.3 is 24.8 Å². The van der Waals surface area contributed by atoms with Gasteiger partial charge in [0.1, 0.15) is 0 Å². The molecular formula is C32H41Cl2HfSi. The summed E-state index contributed by atoms with van der Waals surface area (Å²) < 4.78 is 0. The zero-order valence-electron chi connectivity index (χ0n) is 22.6. The molecule has 4 aromatic rings. The quantitative estimate of drug-likeness (QED) is 0.213. The van der Waals surface area contributed by atoms with Crippen molar-refractivity contribution in [1.82, 2.24) is 0 Å². The van der Waals surface area contributed by atoms with Gasteiger partial charge in [0, 0.05) is 9.52 Å². The van der Waals surface area contributed by atoms with E-state index < -0.39 is 0 Å². The van der Waals surface area contributed by atoms with E-state index in [2.05, 4.69) is 139 Å². The van der Waals surface area contributed by atoms with Gasteiger partial charge in [-0.25, -0.2) is 12.1 Å². The first-order valence-corrected chi connectivity index (χ1v) is 14.0. The first-order valence-electron chi connectivity index (χ1n) is 12.4. The Bertz CT molecular complexity index is 937. The van der Waals surface area contributed by atoms with Gasteiger partial charge in [0.15, 0.2) is 0 Å². The van der Waals surface area contributed by atoms with Crippen molar-refractivity contribution in [3.8, 4) is 22.3 Å². The Morgan fingerprint density at radius 1 is 0.583 bits per heavy atom. The van der Waals surface area contributed by atoms with E-state index in [-0.39, 0.29) is 50.7 Å². The summed E-state index contributed by atoms with van der Waals surface area (Å²) in [6.07, 6.45) is 0. The molecule has 0 saturated heterocycles. The molecule has 0 saturated carbocycles. The van der Waals surface area contributed by atoms with Crippen LogP contribution < -0.4 is 24.8 Å². The van der Waals surface area contributed by atoms with Crippen LogP contribution in [-0.2, 0) is 25.8 Å². The minimum atomic E-state index is 0. The molecular weight excluding hydrogens is 662 g/mol. The number of hydrogen-bond acceptors (Lipinski definition) is 0. The molecule has 0 heterocycles. The van der Waals surface area contributed by atoms with Crippen LogP contribution >= 0.6 is 0 Å². The Hall–Kier alpha value is -1.19. The first-order chi connectivity index (χ1) is 16.0. The van der Waals surface area contributed by atoms with Crippen LogP contribution in [0.2, 0.25) is 12.1 Å². The largest absolute Gasteiger partial charge is 4.00 e. The fourth-order valence-electron chi connectivity index (χ4n) is 3.55. The summed E-state index contributed by atoms with van der Waals surface area (Å²) in [5, 5.41) is 0. The number of benzene rings is 2. The van der Waals surface area contributed by atoms with Crippen LogP contribution in [0.15, 0.2) is 97.1 Å². The third-order valence-corrected chi connectivity index (χ3v) is 6.83. The van der Waals surface area contributed by atoms with Gasteiger partial charge in [0.2, 0.25) is 0 Å². The minimum Gasteiger partial charge on any atom is -1.00 e. The average molecular weight is 703 g/mol. The molecule has 0 aliphatic carbocycles. The maximum Gasteiger partial charge on any atom is 4.00 e. The molecule has 36 heavy (non-hydrogen) atoms. The van der Waals surface area contributed by atoms with Gasteiger partial charge >= 0.3 is 25.8 Å². The maximum absolute atomic E-state index is 2.28. The van der Waals surface area contributed by atoms with Crippen LogP contribution in [0, 0.1) is 0 Å². The normalized spacial score (nSPS) is 9.56. The second-order valence-electron chi connectivity index (χ2n) is 9.01. The van der Waals surface area contributed by atoms with Gasteiger partial charge in [-0.05, 0) is 11.8 Å². The zero-order chi connectivity index (χ0) is 24.1. The van der Waals surface area contributed by atoms with Crippen molar-refractivity contribution >= 4 is 9.52 Å². The molecule has 191 valence electrons. The predicted molar refractivity (Wildman–Crippen MR) is 151 cm³/mol. The standard InChI is InChI=1S/2C14H15.C4H11Si.2ClH.Hf/c2*1-11(2)13-8-9-14(10-13)12-6-4-3-5-7-12;1-3-5-4-2;;;/h2*3-11H,1-2H3;5H,3-4H2,1-2H3;2*1H;/q2*-1;;;;+4/p-2. The Kier molecular flexibility index (Phi) is 21.4. The molecule has 4 heteroatoms. The SMILES string of the molecule is CC(C)c1cc(-c2ccccc2)c[cH-]1.CC(C)c1cc(-c2ccccc2)c[cH-]1.CC[SiH]CC.[Cl-].[Cl-].[Hf+4]. The van der Waals surface area contributed by atoms with Crippen LogP contribution in [-0.4, -0.2) is 9.52 Å². The van der Waals surface area contributed by atoms with Crippen LogP contribution in [0.1, 0.15) is 64.5 Å². The smallest absolute Gasteiger partial charge is 1.00 e. The molecule has 0 N–H and O–H groups in total. The molecule has 0 amide bonds. The van der Waals surface area contributed by atoms with Crippen molar-refractivity contribution in [3.63, 3.8) is 0 Å². The van der Waals surface area contributed by atoms with Crippen molar-refractivity contribution in [2.45, 2.75) is 65.5 Å². The third kappa shape index (κ3) is 12.9. The average Bonchev–Trinajstić information content (AvgIpc) is 3.52. The van der Waals surface area contributed by atoms with E-state index in [1.54, 1.807) is 0 Å². The van der Waals surface area contributed by atoms with Gasteiger partial charge in [-0.3, -0.25) is 0 Å². The summed E-state index contributed by atoms with van der Waals surface area (Å²) in [6, 6.07) is 37.3. The predicted octanol–water partition coefficient (Wildman–Crippen LogP) is 3.70. The molecule has 0 nitrogen and oxygen atoms in total. The maximum atomic E-state index is 2.28. The molecule has 0 unspecified atom stereocenters. The molecule has 0 aromatic heterocycles. The topological polar surface area (TPSA) is 0 Å². The summed E-state index contributed by atoms with van der Waals surface area (Å²) in [5.74, 6) is 1.24. The second-order valence-corrected chi connectivity index (χ2v) is 11.2. The van der Waals surface area contributed by atoms with Crippen LogP contribution in [0.5, 0.6) is 0 Å². The molecule has 0 aliphatic heterocycles. The van der Waals surface area contributed by atoms with Gasteiger partial charge in [-0.2, -0.15) is 46.5 Å². The Morgan fingerprint density at radius 2 is 0.917 bits per heavy atom. The van der Waals surface area contributed by atoms with Gasteiger partial charge in [-0.15, -0.1) is 0 Å². The van der Waals surface area contributed by atoms with Gasteiger partial charge in [0.25, 0.3) is 0 Å². The molecule has 0 aliphatic rings. The van der Waals surface area contributed by atoms with E-state index in [1.165, 1.54) is 45.5 Å². The Balaban J connectivity index is 0. The first kappa shape index (κ1) is 37.0.